The summed E-state index contributed by atoms with van der Waals surface area (Å²) in [5.74, 6) is 1.61. The Hall–Kier alpha value is -1.34. The summed E-state index contributed by atoms with van der Waals surface area (Å²) in [5, 5.41) is 8.74. The first-order valence-corrected chi connectivity index (χ1v) is 11.5. The fourth-order valence-corrected chi connectivity index (χ4v) is 4.61. The largest absolute Gasteiger partial charge is 0.378 e. The van der Waals surface area contributed by atoms with Crippen molar-refractivity contribution in [3.05, 3.63) is 16.6 Å². The average molecular weight is 460 g/mol. The predicted molar refractivity (Wildman–Crippen MR) is 103 cm³/mol. The number of piperazine rings is 1. The van der Waals surface area contributed by atoms with E-state index < -0.39 is 10.0 Å². The van der Waals surface area contributed by atoms with E-state index >= 15 is 0 Å². The molecule has 2 aliphatic heterocycles. The molecule has 0 saturated carbocycles. The summed E-state index contributed by atoms with van der Waals surface area (Å²) in [4.78, 5) is 8.95. The molecule has 2 fully saturated rings. The average Bonchev–Trinajstić information content (AvgIpc) is 3.04. The Morgan fingerprint density at radius 2 is 1.81 bits per heavy atom. The van der Waals surface area contributed by atoms with Gasteiger partial charge in [-0.15, -0.1) is 10.2 Å². The zero-order valence-electron chi connectivity index (χ0n) is 15.1. The third-order valence-corrected chi connectivity index (χ3v) is 6.58. The van der Waals surface area contributed by atoms with Crippen molar-refractivity contribution in [1.82, 2.24) is 28.8 Å². The van der Waals surface area contributed by atoms with Crippen LogP contribution in [-0.4, -0.2) is 95.9 Å². The lowest BCUT2D eigenvalue weighted by Crippen LogP contribution is -2.48. The summed E-state index contributed by atoms with van der Waals surface area (Å²) >= 11 is 3.49. The zero-order chi connectivity index (χ0) is 19.0. The van der Waals surface area contributed by atoms with Crippen LogP contribution in [0.2, 0.25) is 0 Å². The molecule has 4 rings (SSSR count). The zero-order valence-corrected chi connectivity index (χ0v) is 17.5. The van der Waals surface area contributed by atoms with Gasteiger partial charge in [0.1, 0.15) is 4.60 Å². The molecule has 4 heterocycles. The number of sulfonamides is 1. The van der Waals surface area contributed by atoms with Crippen molar-refractivity contribution >= 4 is 37.4 Å². The number of fused-ring (bicyclic) bond motifs is 1. The Balaban J connectivity index is 1.54. The second kappa shape index (κ2) is 7.59. The number of morpholine rings is 1. The Morgan fingerprint density at radius 3 is 2.48 bits per heavy atom. The van der Waals surface area contributed by atoms with Crippen LogP contribution in [0.1, 0.15) is 5.82 Å². The van der Waals surface area contributed by atoms with E-state index in [1.807, 2.05) is 10.6 Å². The van der Waals surface area contributed by atoms with Gasteiger partial charge in [0.15, 0.2) is 11.6 Å². The van der Waals surface area contributed by atoms with Gasteiger partial charge in [0.25, 0.3) is 0 Å². The number of nitrogens with zero attached hydrogens (tertiary/aromatic N) is 7. The van der Waals surface area contributed by atoms with Crippen LogP contribution >= 0.6 is 15.9 Å². The molecule has 10 nitrogen and oxygen atoms in total. The third-order valence-electron chi connectivity index (χ3n) is 4.89. The summed E-state index contributed by atoms with van der Waals surface area (Å²) in [6.07, 6.45) is 3.13. The van der Waals surface area contributed by atoms with E-state index in [9.17, 15) is 8.42 Å². The molecule has 0 amide bonds. The second-order valence-corrected chi connectivity index (χ2v) is 9.53. The molecular formula is C15H22BrN7O3S. The first-order chi connectivity index (χ1) is 12.9. The van der Waals surface area contributed by atoms with Crippen molar-refractivity contribution in [3.63, 3.8) is 0 Å². The molecule has 2 aromatic rings. The fraction of sp³-hybridized carbons (Fsp3) is 0.667. The van der Waals surface area contributed by atoms with E-state index in [2.05, 4.69) is 40.9 Å². The van der Waals surface area contributed by atoms with Gasteiger partial charge in [0.05, 0.1) is 26.0 Å². The van der Waals surface area contributed by atoms with Crippen molar-refractivity contribution in [1.29, 1.82) is 0 Å². The first-order valence-electron chi connectivity index (χ1n) is 8.82. The van der Waals surface area contributed by atoms with Crippen LogP contribution in [0.3, 0.4) is 0 Å². The topological polar surface area (TPSA) is 96.2 Å². The standard InChI is InChI=1S/C15H22BrN7O3S/c1-27(24,25)22-4-2-20(3-5-22)11-13-18-19-15-14(17-12(16)10-23(13)15)21-6-8-26-9-7-21/h10H,2-9,11H2,1H3. The van der Waals surface area contributed by atoms with Crippen LogP contribution in [0.15, 0.2) is 10.8 Å². The number of rotatable bonds is 4. The van der Waals surface area contributed by atoms with E-state index in [0.717, 1.165) is 35.0 Å². The Kier molecular flexibility index (Phi) is 5.34. The van der Waals surface area contributed by atoms with Gasteiger partial charge in [0.2, 0.25) is 15.7 Å². The van der Waals surface area contributed by atoms with Crippen molar-refractivity contribution in [2.24, 2.45) is 0 Å². The molecule has 12 heteroatoms. The molecule has 0 unspecified atom stereocenters. The normalized spacial score (nSPS) is 20.4. The van der Waals surface area contributed by atoms with Crippen molar-refractivity contribution in [2.45, 2.75) is 6.54 Å². The highest BCUT2D eigenvalue weighted by Crippen LogP contribution is 2.23. The monoisotopic (exact) mass is 459 g/mol. The van der Waals surface area contributed by atoms with Gasteiger partial charge in [0, 0.05) is 45.5 Å². The van der Waals surface area contributed by atoms with Gasteiger partial charge >= 0.3 is 0 Å². The lowest BCUT2D eigenvalue weighted by atomic mass is 10.3. The van der Waals surface area contributed by atoms with Gasteiger partial charge < -0.3 is 9.64 Å². The number of ether oxygens (including phenoxy) is 1. The predicted octanol–water partition coefficient (Wildman–Crippen LogP) is -0.199. The number of hydrogen-bond donors (Lipinski definition) is 0. The van der Waals surface area contributed by atoms with Gasteiger partial charge in [-0.05, 0) is 15.9 Å². The van der Waals surface area contributed by atoms with E-state index in [1.165, 1.54) is 10.6 Å². The van der Waals surface area contributed by atoms with E-state index in [0.29, 0.717) is 45.9 Å². The van der Waals surface area contributed by atoms with Crippen LogP contribution in [0, 0.1) is 0 Å². The molecular weight excluding hydrogens is 438 g/mol. The van der Waals surface area contributed by atoms with E-state index in [4.69, 9.17) is 4.74 Å². The summed E-state index contributed by atoms with van der Waals surface area (Å²) in [6.45, 7) is 5.84. The number of aromatic nitrogens is 4. The molecule has 0 spiro atoms. The third kappa shape index (κ3) is 4.09. The van der Waals surface area contributed by atoms with Crippen molar-refractivity contribution in [3.8, 4) is 0 Å². The second-order valence-electron chi connectivity index (χ2n) is 6.73. The van der Waals surface area contributed by atoms with Crippen LogP contribution < -0.4 is 4.90 Å². The molecule has 0 N–H and O–H groups in total. The van der Waals surface area contributed by atoms with E-state index in [-0.39, 0.29) is 0 Å². The molecule has 148 valence electrons. The van der Waals surface area contributed by atoms with Gasteiger partial charge in [-0.1, -0.05) is 0 Å². The number of anilines is 1. The minimum Gasteiger partial charge on any atom is -0.378 e. The molecule has 0 bridgehead atoms. The highest BCUT2D eigenvalue weighted by atomic mass is 79.9. The molecule has 2 aliphatic rings. The maximum absolute atomic E-state index is 11.7. The quantitative estimate of drug-likeness (QED) is 0.619. The summed E-state index contributed by atoms with van der Waals surface area (Å²) in [5.41, 5.74) is 0.727. The van der Waals surface area contributed by atoms with Gasteiger partial charge in [-0.3, -0.25) is 9.30 Å². The Bertz CT molecular complexity index is 921. The molecule has 0 radical (unpaired) electrons. The van der Waals surface area contributed by atoms with Crippen LogP contribution in [0.4, 0.5) is 5.82 Å². The van der Waals surface area contributed by atoms with Gasteiger partial charge in [-0.25, -0.2) is 13.4 Å². The molecule has 27 heavy (non-hydrogen) atoms. The molecule has 0 aromatic carbocycles. The molecule has 2 aromatic heterocycles. The maximum atomic E-state index is 11.7. The summed E-state index contributed by atoms with van der Waals surface area (Å²) in [6, 6.07) is 0. The van der Waals surface area contributed by atoms with Crippen molar-refractivity contribution < 1.29 is 13.2 Å². The summed E-state index contributed by atoms with van der Waals surface area (Å²) < 4.78 is 33.0. The molecule has 0 aliphatic carbocycles. The van der Waals surface area contributed by atoms with Gasteiger partial charge in [-0.2, -0.15) is 4.31 Å². The Labute approximate surface area is 166 Å². The fourth-order valence-electron chi connectivity index (χ4n) is 3.41. The first kappa shape index (κ1) is 19.0. The van der Waals surface area contributed by atoms with Crippen LogP contribution in [0.5, 0.6) is 0 Å². The van der Waals surface area contributed by atoms with Crippen LogP contribution in [-0.2, 0) is 21.3 Å². The minimum atomic E-state index is -3.13. The SMILES string of the molecule is CS(=O)(=O)N1CCN(Cc2nnc3c(N4CCOCC4)nc(Br)cn23)CC1. The summed E-state index contributed by atoms with van der Waals surface area (Å²) in [7, 11) is -3.13. The lowest BCUT2D eigenvalue weighted by molar-refractivity contribution is 0.122. The minimum absolute atomic E-state index is 0.500. The Morgan fingerprint density at radius 1 is 1.11 bits per heavy atom. The van der Waals surface area contributed by atoms with Crippen LogP contribution in [0.25, 0.3) is 5.65 Å². The lowest BCUT2D eigenvalue weighted by Gasteiger charge is -2.32. The smallest absolute Gasteiger partial charge is 0.211 e. The van der Waals surface area contributed by atoms with E-state index in [1.54, 1.807) is 0 Å². The van der Waals surface area contributed by atoms with Crippen molar-refractivity contribution in [2.75, 3.05) is 63.6 Å². The number of halogens is 1. The highest BCUT2D eigenvalue weighted by Gasteiger charge is 2.25. The molecule has 0 atom stereocenters. The number of hydrogen-bond acceptors (Lipinski definition) is 8. The molecule has 2 saturated heterocycles. The maximum Gasteiger partial charge on any atom is 0.211 e. The highest BCUT2D eigenvalue weighted by molar-refractivity contribution is 9.10.